The van der Waals surface area contributed by atoms with E-state index in [9.17, 15) is 19.7 Å². The summed E-state index contributed by atoms with van der Waals surface area (Å²) in [4.78, 5) is 37.6. The van der Waals surface area contributed by atoms with Crippen molar-refractivity contribution in [1.29, 1.82) is 0 Å². The third-order valence-electron chi connectivity index (χ3n) is 6.88. The van der Waals surface area contributed by atoms with Gasteiger partial charge in [-0.05, 0) is 79.4 Å². The number of carbonyl (C=O) groups excluding carboxylic acids is 2. The molecule has 0 heterocycles. The Morgan fingerprint density at radius 3 is 1.98 bits per heavy atom. The van der Waals surface area contributed by atoms with Gasteiger partial charge in [-0.25, -0.2) is 0 Å². The zero-order valence-electron chi connectivity index (χ0n) is 25.1. The lowest BCUT2D eigenvalue weighted by Gasteiger charge is -2.18. The molecule has 45 heavy (non-hydrogen) atoms. The molecule has 0 saturated heterocycles. The number of non-ortho nitro benzene ring substituents is 1. The van der Waals surface area contributed by atoms with Crippen LogP contribution < -0.4 is 35.3 Å². The van der Waals surface area contributed by atoms with E-state index in [2.05, 4.69) is 10.6 Å². The number of nitrogens with one attached hydrogen (secondary N) is 2. The predicted octanol–water partition coefficient (Wildman–Crippen LogP) is 5.81. The number of rotatable bonds is 14. The molecule has 0 aliphatic rings. The molecular formula is C33H34N4O8. The van der Waals surface area contributed by atoms with Crippen LogP contribution in [0.5, 0.6) is 23.0 Å². The van der Waals surface area contributed by atoms with Crippen LogP contribution in [0.15, 0.2) is 84.9 Å². The van der Waals surface area contributed by atoms with Crippen LogP contribution in [0.3, 0.4) is 0 Å². The van der Waals surface area contributed by atoms with Crippen molar-refractivity contribution >= 4 is 28.9 Å². The highest BCUT2D eigenvalue weighted by Gasteiger charge is 2.22. The molecule has 234 valence electrons. The Morgan fingerprint density at radius 2 is 1.36 bits per heavy atom. The van der Waals surface area contributed by atoms with E-state index in [-0.39, 0.29) is 28.3 Å². The van der Waals surface area contributed by atoms with Crippen molar-refractivity contribution in [3.05, 3.63) is 112 Å². The molecule has 12 nitrogen and oxygen atoms in total. The molecule has 2 amide bonds. The van der Waals surface area contributed by atoms with Gasteiger partial charge in [-0.3, -0.25) is 25.4 Å². The highest BCUT2D eigenvalue weighted by molar-refractivity contribution is 6.13. The fourth-order valence-electron chi connectivity index (χ4n) is 4.45. The Bertz CT molecular complexity index is 1640. The monoisotopic (exact) mass is 614 g/mol. The highest BCUT2D eigenvalue weighted by atomic mass is 16.6. The van der Waals surface area contributed by atoms with Crippen molar-refractivity contribution in [1.82, 2.24) is 0 Å². The first-order valence-electron chi connectivity index (χ1n) is 14.0. The SMILES string of the molecule is COc1ccc(CCCC(N)Oc2cc(OC)ccc2C(=O)Nc2cc([N+](=O)[O-])ccc2C(=O)Nc2ccc(OC)cc2)cc1. The first-order chi connectivity index (χ1) is 21.7. The third kappa shape index (κ3) is 8.71. The second kappa shape index (κ2) is 15.2. The van der Waals surface area contributed by atoms with Crippen molar-refractivity contribution < 1.29 is 33.5 Å². The molecule has 4 rings (SSSR count). The van der Waals surface area contributed by atoms with E-state index in [4.69, 9.17) is 24.7 Å². The molecule has 0 saturated carbocycles. The van der Waals surface area contributed by atoms with Gasteiger partial charge in [0.15, 0.2) is 0 Å². The topological polar surface area (TPSA) is 164 Å². The van der Waals surface area contributed by atoms with Gasteiger partial charge >= 0.3 is 0 Å². The number of nitro benzene ring substituents is 1. The smallest absolute Gasteiger partial charge is 0.271 e. The van der Waals surface area contributed by atoms with Crippen LogP contribution in [-0.2, 0) is 6.42 Å². The molecule has 1 atom stereocenters. The van der Waals surface area contributed by atoms with Crippen LogP contribution in [0.4, 0.5) is 17.1 Å². The van der Waals surface area contributed by atoms with Gasteiger partial charge in [-0.15, -0.1) is 0 Å². The fourth-order valence-corrected chi connectivity index (χ4v) is 4.45. The molecule has 0 aromatic heterocycles. The molecule has 1 unspecified atom stereocenters. The molecule has 4 aromatic carbocycles. The number of aryl methyl sites for hydroxylation is 1. The number of anilines is 2. The van der Waals surface area contributed by atoms with Crippen LogP contribution in [0.2, 0.25) is 0 Å². The van der Waals surface area contributed by atoms with Gasteiger partial charge in [0.2, 0.25) is 0 Å². The quantitative estimate of drug-likeness (QED) is 0.0903. The first-order valence-corrected chi connectivity index (χ1v) is 14.0. The maximum Gasteiger partial charge on any atom is 0.271 e. The Hall–Kier alpha value is -5.62. The summed E-state index contributed by atoms with van der Waals surface area (Å²) in [6.07, 6.45) is 1.23. The summed E-state index contributed by atoms with van der Waals surface area (Å²) in [7, 11) is 4.61. The average Bonchev–Trinajstić information content (AvgIpc) is 3.05. The van der Waals surface area contributed by atoms with Gasteiger partial charge in [-0.1, -0.05) is 12.1 Å². The van der Waals surface area contributed by atoms with Gasteiger partial charge in [0, 0.05) is 23.9 Å². The number of carbonyl (C=O) groups is 2. The number of nitro groups is 1. The molecule has 0 fully saturated rings. The van der Waals surface area contributed by atoms with Crippen LogP contribution in [0, 0.1) is 10.1 Å². The zero-order valence-corrected chi connectivity index (χ0v) is 25.1. The van der Waals surface area contributed by atoms with E-state index in [1.807, 2.05) is 24.3 Å². The Labute approximate surface area is 260 Å². The number of ether oxygens (including phenoxy) is 4. The van der Waals surface area contributed by atoms with Crippen LogP contribution in [0.25, 0.3) is 0 Å². The van der Waals surface area contributed by atoms with E-state index in [0.717, 1.165) is 30.2 Å². The second-order valence-electron chi connectivity index (χ2n) is 9.88. The normalized spacial score (nSPS) is 11.2. The molecule has 0 aliphatic carbocycles. The number of amides is 2. The number of methoxy groups -OCH3 is 3. The van der Waals surface area contributed by atoms with Crippen LogP contribution in [-0.4, -0.2) is 44.3 Å². The van der Waals surface area contributed by atoms with Crippen molar-refractivity contribution in [2.75, 3.05) is 32.0 Å². The average molecular weight is 615 g/mol. The molecule has 0 bridgehead atoms. The van der Waals surface area contributed by atoms with Gasteiger partial charge in [-0.2, -0.15) is 0 Å². The number of nitrogens with two attached hydrogens (primary N) is 1. The minimum atomic E-state index is -0.745. The minimum Gasteiger partial charge on any atom is -0.497 e. The molecule has 12 heteroatoms. The summed E-state index contributed by atoms with van der Waals surface area (Å²) < 4.78 is 21.6. The highest BCUT2D eigenvalue weighted by Crippen LogP contribution is 2.29. The first kappa shape index (κ1) is 32.3. The lowest BCUT2D eigenvalue weighted by molar-refractivity contribution is -0.384. The Kier molecular flexibility index (Phi) is 10.9. The van der Waals surface area contributed by atoms with Crippen molar-refractivity contribution in [2.45, 2.75) is 25.5 Å². The number of nitrogens with zero attached hydrogens (tertiary/aromatic N) is 1. The van der Waals surface area contributed by atoms with Crippen LogP contribution >= 0.6 is 0 Å². The summed E-state index contributed by atoms with van der Waals surface area (Å²) >= 11 is 0. The molecule has 4 aromatic rings. The van der Waals surface area contributed by atoms with Gasteiger partial charge in [0.1, 0.15) is 29.2 Å². The third-order valence-corrected chi connectivity index (χ3v) is 6.88. The van der Waals surface area contributed by atoms with Crippen LogP contribution in [0.1, 0.15) is 39.1 Å². The van der Waals surface area contributed by atoms with E-state index in [1.165, 1.54) is 38.5 Å². The molecule has 0 spiro atoms. The largest absolute Gasteiger partial charge is 0.497 e. The lowest BCUT2D eigenvalue weighted by Crippen LogP contribution is -2.28. The van der Waals surface area contributed by atoms with Gasteiger partial charge in [0.05, 0.1) is 43.1 Å². The molecule has 0 aliphatic heterocycles. The van der Waals surface area contributed by atoms with Gasteiger partial charge in [0.25, 0.3) is 17.5 Å². The standard InChI is InChI=1S/C33H34N4O8/c1-42-24-12-7-21(8-13-24)5-4-6-31(34)45-30-20-26(44-3)16-18-28(30)33(39)36-29-19-23(37(40)41)11-17-27(29)32(38)35-22-9-14-25(43-2)15-10-22/h7-20,31H,4-6,34H2,1-3H3,(H,35,38)(H,36,39). The van der Waals surface area contributed by atoms with Gasteiger partial charge < -0.3 is 29.6 Å². The Morgan fingerprint density at radius 1 is 0.778 bits per heavy atom. The fraction of sp³-hybridized carbons (Fsp3) is 0.212. The number of hydrogen-bond acceptors (Lipinski definition) is 9. The summed E-state index contributed by atoms with van der Waals surface area (Å²) in [6.45, 7) is 0. The molecule has 4 N–H and O–H groups in total. The number of benzene rings is 4. The maximum absolute atomic E-state index is 13.6. The minimum absolute atomic E-state index is 0.0102. The molecule has 0 radical (unpaired) electrons. The van der Waals surface area contributed by atoms with Crippen molar-refractivity contribution in [3.8, 4) is 23.0 Å². The maximum atomic E-state index is 13.6. The van der Waals surface area contributed by atoms with Crippen molar-refractivity contribution in [2.24, 2.45) is 5.73 Å². The summed E-state index contributed by atoms with van der Waals surface area (Å²) in [5.74, 6) is 0.705. The van der Waals surface area contributed by atoms with E-state index < -0.39 is 23.0 Å². The summed E-state index contributed by atoms with van der Waals surface area (Å²) in [6, 6.07) is 22.5. The van der Waals surface area contributed by atoms with E-state index in [1.54, 1.807) is 37.4 Å². The lowest BCUT2D eigenvalue weighted by atomic mass is 10.1. The summed E-state index contributed by atoms with van der Waals surface area (Å²) in [5.41, 5.74) is 7.60. The van der Waals surface area contributed by atoms with E-state index in [0.29, 0.717) is 23.6 Å². The molecular weight excluding hydrogens is 580 g/mol. The van der Waals surface area contributed by atoms with Crippen molar-refractivity contribution in [3.63, 3.8) is 0 Å². The summed E-state index contributed by atoms with van der Waals surface area (Å²) in [5, 5.41) is 16.9. The Balaban J connectivity index is 1.51. The zero-order chi connectivity index (χ0) is 32.3. The second-order valence-corrected chi connectivity index (χ2v) is 9.88. The number of hydrogen-bond donors (Lipinski definition) is 3. The predicted molar refractivity (Wildman–Crippen MR) is 170 cm³/mol. The van der Waals surface area contributed by atoms with E-state index >= 15 is 0 Å².